The molecular formula is C8H16O. The molecule has 0 aliphatic carbocycles. The summed E-state index contributed by atoms with van der Waals surface area (Å²) in [7, 11) is 0. The minimum Gasteiger partial charge on any atom is -0.370 e. The number of hydrogen-bond acceptors (Lipinski definition) is 1. The summed E-state index contributed by atoms with van der Waals surface area (Å²) in [6, 6.07) is 0. The van der Waals surface area contributed by atoms with Gasteiger partial charge in [0.15, 0.2) is 0 Å². The van der Waals surface area contributed by atoms with Gasteiger partial charge in [-0.25, -0.2) is 0 Å². The fourth-order valence-corrected chi connectivity index (χ4v) is 1.13. The smallest absolute Gasteiger partial charge is 0.0914 e. The van der Waals surface area contributed by atoms with E-state index in [1.165, 1.54) is 25.7 Å². The lowest BCUT2D eigenvalue weighted by atomic mass is 10.0. The van der Waals surface area contributed by atoms with Gasteiger partial charge in [0.25, 0.3) is 0 Å². The van der Waals surface area contributed by atoms with Gasteiger partial charge in [-0.3, -0.25) is 0 Å². The van der Waals surface area contributed by atoms with Crippen molar-refractivity contribution in [1.82, 2.24) is 0 Å². The molecule has 0 aromatic heterocycles. The van der Waals surface area contributed by atoms with Crippen molar-refractivity contribution < 1.29 is 4.74 Å². The molecule has 0 aromatic carbocycles. The van der Waals surface area contributed by atoms with Gasteiger partial charge in [0.05, 0.1) is 12.2 Å². The lowest BCUT2D eigenvalue weighted by molar-refractivity contribution is 0.276. The maximum absolute atomic E-state index is 5.35. The molecular weight excluding hydrogens is 112 g/mol. The van der Waals surface area contributed by atoms with Crippen LogP contribution in [-0.4, -0.2) is 12.2 Å². The molecule has 1 rings (SSSR count). The second kappa shape index (κ2) is 2.70. The van der Waals surface area contributed by atoms with Gasteiger partial charge in [-0.15, -0.1) is 0 Å². The number of rotatable bonds is 4. The maximum Gasteiger partial charge on any atom is 0.0914 e. The first-order chi connectivity index (χ1) is 4.33. The first kappa shape index (κ1) is 7.07. The molecule has 0 amide bonds. The van der Waals surface area contributed by atoms with Gasteiger partial charge in [-0.1, -0.05) is 26.7 Å². The number of ether oxygens (including phenoxy) is 1. The van der Waals surface area contributed by atoms with Crippen LogP contribution in [0.5, 0.6) is 0 Å². The quantitative estimate of drug-likeness (QED) is 0.529. The van der Waals surface area contributed by atoms with Crippen molar-refractivity contribution in [2.45, 2.75) is 45.1 Å². The van der Waals surface area contributed by atoms with Crippen LogP contribution in [0.1, 0.15) is 39.5 Å². The lowest BCUT2D eigenvalue weighted by Crippen LogP contribution is -2.07. The van der Waals surface area contributed by atoms with Gasteiger partial charge in [0, 0.05) is 0 Å². The molecule has 0 bridgehead atoms. The average molecular weight is 128 g/mol. The normalized spacial score (nSPS) is 32.7. The SMILES string of the molecule is CCCC[C@@]1(CC)CO1. The molecule has 1 nitrogen and oxygen atoms in total. The summed E-state index contributed by atoms with van der Waals surface area (Å²) in [5.41, 5.74) is 0.343. The molecule has 0 aromatic rings. The molecule has 1 heteroatoms. The fraction of sp³-hybridized carbons (Fsp3) is 1.00. The van der Waals surface area contributed by atoms with Gasteiger partial charge < -0.3 is 4.74 Å². The predicted molar refractivity (Wildman–Crippen MR) is 38.5 cm³/mol. The fourth-order valence-electron chi connectivity index (χ4n) is 1.13. The average Bonchev–Trinajstić information content (AvgIpc) is 2.65. The van der Waals surface area contributed by atoms with Crippen LogP contribution >= 0.6 is 0 Å². The Morgan fingerprint density at radius 1 is 1.44 bits per heavy atom. The molecule has 1 heterocycles. The minimum absolute atomic E-state index is 0.343. The lowest BCUT2D eigenvalue weighted by Gasteiger charge is -2.05. The Balaban J connectivity index is 2.10. The summed E-state index contributed by atoms with van der Waals surface area (Å²) in [5, 5.41) is 0. The van der Waals surface area contributed by atoms with Crippen molar-refractivity contribution in [3.8, 4) is 0 Å². The highest BCUT2D eigenvalue weighted by Gasteiger charge is 2.41. The van der Waals surface area contributed by atoms with Crippen LogP contribution < -0.4 is 0 Å². The largest absolute Gasteiger partial charge is 0.370 e. The zero-order valence-corrected chi connectivity index (χ0v) is 6.44. The number of hydrogen-bond donors (Lipinski definition) is 0. The molecule has 54 valence electrons. The monoisotopic (exact) mass is 128 g/mol. The van der Waals surface area contributed by atoms with E-state index in [1.807, 2.05) is 0 Å². The van der Waals surface area contributed by atoms with Crippen LogP contribution in [0, 0.1) is 0 Å². The summed E-state index contributed by atoms with van der Waals surface area (Å²) in [5.74, 6) is 0. The van der Waals surface area contributed by atoms with Crippen LogP contribution in [0.3, 0.4) is 0 Å². The first-order valence-electron chi connectivity index (χ1n) is 3.97. The molecule has 0 spiro atoms. The molecule has 0 radical (unpaired) electrons. The molecule has 1 atom stereocenters. The van der Waals surface area contributed by atoms with E-state index in [0.717, 1.165) is 6.61 Å². The van der Waals surface area contributed by atoms with Crippen molar-refractivity contribution in [3.05, 3.63) is 0 Å². The van der Waals surface area contributed by atoms with E-state index in [1.54, 1.807) is 0 Å². The topological polar surface area (TPSA) is 12.5 Å². The van der Waals surface area contributed by atoms with Crippen molar-refractivity contribution in [2.24, 2.45) is 0 Å². The van der Waals surface area contributed by atoms with Crippen molar-refractivity contribution in [1.29, 1.82) is 0 Å². The summed E-state index contributed by atoms with van der Waals surface area (Å²) in [6.45, 7) is 5.46. The first-order valence-corrected chi connectivity index (χ1v) is 3.97. The summed E-state index contributed by atoms with van der Waals surface area (Å²) in [6.07, 6.45) is 5.10. The Kier molecular flexibility index (Phi) is 2.12. The van der Waals surface area contributed by atoms with E-state index in [-0.39, 0.29) is 0 Å². The van der Waals surface area contributed by atoms with Gasteiger partial charge in [0.2, 0.25) is 0 Å². The Bertz CT molecular complexity index is 84.6. The van der Waals surface area contributed by atoms with Crippen molar-refractivity contribution >= 4 is 0 Å². The maximum atomic E-state index is 5.35. The van der Waals surface area contributed by atoms with Gasteiger partial charge in [-0.05, 0) is 12.8 Å². The van der Waals surface area contributed by atoms with E-state index < -0.39 is 0 Å². The highest BCUT2D eigenvalue weighted by Crippen LogP contribution is 2.35. The van der Waals surface area contributed by atoms with E-state index >= 15 is 0 Å². The standard InChI is InChI=1S/C8H16O/c1-3-5-6-8(4-2)7-9-8/h3-7H2,1-2H3/t8-/m0/s1. The highest BCUT2D eigenvalue weighted by atomic mass is 16.6. The molecule has 0 unspecified atom stereocenters. The third-order valence-electron chi connectivity index (χ3n) is 2.18. The Morgan fingerprint density at radius 3 is 2.44 bits per heavy atom. The molecule has 9 heavy (non-hydrogen) atoms. The summed E-state index contributed by atoms with van der Waals surface area (Å²) < 4.78 is 5.35. The van der Waals surface area contributed by atoms with Crippen LogP contribution in [0.25, 0.3) is 0 Å². The van der Waals surface area contributed by atoms with Crippen LogP contribution in [-0.2, 0) is 4.74 Å². The second-order valence-electron chi connectivity index (χ2n) is 2.93. The van der Waals surface area contributed by atoms with Gasteiger partial charge in [-0.2, -0.15) is 0 Å². The van der Waals surface area contributed by atoms with Crippen LogP contribution in [0.2, 0.25) is 0 Å². The number of unbranched alkanes of at least 4 members (excludes halogenated alkanes) is 1. The molecule has 1 saturated heterocycles. The molecule has 1 aliphatic rings. The third-order valence-corrected chi connectivity index (χ3v) is 2.18. The van der Waals surface area contributed by atoms with Crippen LogP contribution in [0.15, 0.2) is 0 Å². The summed E-state index contributed by atoms with van der Waals surface area (Å²) >= 11 is 0. The van der Waals surface area contributed by atoms with E-state index in [9.17, 15) is 0 Å². The Labute approximate surface area is 57.4 Å². The van der Waals surface area contributed by atoms with Gasteiger partial charge in [0.1, 0.15) is 0 Å². The highest BCUT2D eigenvalue weighted by molar-refractivity contribution is 4.89. The van der Waals surface area contributed by atoms with E-state index in [0.29, 0.717) is 5.60 Å². The molecule has 1 fully saturated rings. The Morgan fingerprint density at radius 2 is 2.11 bits per heavy atom. The van der Waals surface area contributed by atoms with Crippen molar-refractivity contribution in [2.75, 3.05) is 6.61 Å². The van der Waals surface area contributed by atoms with Gasteiger partial charge >= 0.3 is 0 Å². The number of epoxide rings is 1. The van der Waals surface area contributed by atoms with E-state index in [2.05, 4.69) is 13.8 Å². The van der Waals surface area contributed by atoms with Crippen LogP contribution in [0.4, 0.5) is 0 Å². The predicted octanol–water partition coefficient (Wildman–Crippen LogP) is 2.36. The third kappa shape index (κ3) is 1.68. The zero-order chi connectivity index (χ0) is 6.74. The van der Waals surface area contributed by atoms with E-state index in [4.69, 9.17) is 4.74 Å². The zero-order valence-electron chi connectivity index (χ0n) is 6.44. The second-order valence-corrected chi connectivity index (χ2v) is 2.93. The molecule has 0 saturated carbocycles. The molecule has 1 aliphatic heterocycles. The van der Waals surface area contributed by atoms with Crippen molar-refractivity contribution in [3.63, 3.8) is 0 Å². The molecule has 0 N–H and O–H groups in total. The summed E-state index contributed by atoms with van der Waals surface area (Å²) in [4.78, 5) is 0. The minimum atomic E-state index is 0.343. The Hall–Kier alpha value is -0.0400.